The van der Waals surface area contributed by atoms with Crippen LogP contribution in [0.3, 0.4) is 0 Å². The van der Waals surface area contributed by atoms with Crippen LogP contribution in [-0.4, -0.2) is 17.4 Å². The van der Waals surface area contributed by atoms with Gasteiger partial charge in [-0.25, -0.2) is 4.39 Å². The zero-order chi connectivity index (χ0) is 14.4. The fourth-order valence-electron chi connectivity index (χ4n) is 1.80. The molecule has 5 heteroatoms. The number of nitriles is 1. The number of carbonyl (C=O) groups excluding carboxylic acids is 1. The molecule has 2 aromatic rings. The van der Waals surface area contributed by atoms with Crippen LogP contribution in [0.2, 0.25) is 0 Å². The van der Waals surface area contributed by atoms with Crippen molar-refractivity contribution in [2.75, 3.05) is 11.4 Å². The van der Waals surface area contributed by atoms with Gasteiger partial charge in [0.2, 0.25) is 0 Å². The van der Waals surface area contributed by atoms with Crippen molar-refractivity contribution >= 4 is 11.6 Å². The van der Waals surface area contributed by atoms with Gasteiger partial charge in [0, 0.05) is 18.4 Å². The molecule has 20 heavy (non-hydrogen) atoms. The first kappa shape index (κ1) is 13.7. The van der Waals surface area contributed by atoms with Gasteiger partial charge in [0.1, 0.15) is 5.82 Å². The SMILES string of the molecule is N#CCCN(C(=O)c1cncc(F)c1)c1ccccc1. The Labute approximate surface area is 116 Å². The molecule has 0 aliphatic rings. The number of carbonyl (C=O) groups is 1. The van der Waals surface area contributed by atoms with E-state index < -0.39 is 5.82 Å². The fraction of sp³-hybridized carbons (Fsp3) is 0.133. The van der Waals surface area contributed by atoms with E-state index in [9.17, 15) is 9.18 Å². The molecule has 0 radical (unpaired) electrons. The molecule has 1 aromatic carbocycles. The van der Waals surface area contributed by atoms with Gasteiger partial charge in [0.05, 0.1) is 24.3 Å². The number of rotatable bonds is 4. The van der Waals surface area contributed by atoms with E-state index in [1.807, 2.05) is 12.1 Å². The van der Waals surface area contributed by atoms with Crippen LogP contribution < -0.4 is 4.90 Å². The highest BCUT2D eigenvalue weighted by Gasteiger charge is 2.18. The smallest absolute Gasteiger partial charge is 0.259 e. The number of aromatic nitrogens is 1. The number of amides is 1. The van der Waals surface area contributed by atoms with Crippen LogP contribution >= 0.6 is 0 Å². The van der Waals surface area contributed by atoms with Crippen LogP contribution in [0, 0.1) is 17.1 Å². The van der Waals surface area contributed by atoms with Crippen LogP contribution in [0.5, 0.6) is 0 Å². The monoisotopic (exact) mass is 269 g/mol. The molecule has 2 rings (SSSR count). The average Bonchev–Trinajstić information content (AvgIpc) is 2.48. The highest BCUT2D eigenvalue weighted by Crippen LogP contribution is 2.17. The molecule has 0 aliphatic heterocycles. The molecule has 0 aliphatic carbocycles. The highest BCUT2D eigenvalue weighted by molar-refractivity contribution is 6.05. The molecule has 1 amide bonds. The third-order valence-electron chi connectivity index (χ3n) is 2.71. The molecular weight excluding hydrogens is 257 g/mol. The lowest BCUT2D eigenvalue weighted by Gasteiger charge is -2.21. The Kier molecular flexibility index (Phi) is 4.40. The minimum absolute atomic E-state index is 0.159. The normalized spacial score (nSPS) is 9.80. The van der Waals surface area contributed by atoms with Crippen molar-refractivity contribution in [3.05, 3.63) is 60.2 Å². The van der Waals surface area contributed by atoms with Crippen LogP contribution in [0.4, 0.5) is 10.1 Å². The fourth-order valence-corrected chi connectivity index (χ4v) is 1.80. The van der Waals surface area contributed by atoms with Gasteiger partial charge >= 0.3 is 0 Å². The van der Waals surface area contributed by atoms with E-state index in [-0.39, 0.29) is 24.4 Å². The number of anilines is 1. The Bertz CT molecular complexity index is 637. The van der Waals surface area contributed by atoms with Gasteiger partial charge in [0.25, 0.3) is 5.91 Å². The topological polar surface area (TPSA) is 57.0 Å². The second kappa shape index (κ2) is 6.43. The van der Waals surface area contributed by atoms with E-state index >= 15 is 0 Å². The molecule has 4 nitrogen and oxygen atoms in total. The lowest BCUT2D eigenvalue weighted by molar-refractivity contribution is 0.0986. The maximum Gasteiger partial charge on any atom is 0.259 e. The number of hydrogen-bond acceptors (Lipinski definition) is 3. The first-order valence-corrected chi connectivity index (χ1v) is 6.07. The average molecular weight is 269 g/mol. The van der Waals surface area contributed by atoms with Crippen LogP contribution in [-0.2, 0) is 0 Å². The van der Waals surface area contributed by atoms with Crippen LogP contribution in [0.15, 0.2) is 48.8 Å². The Hall–Kier alpha value is -2.74. The lowest BCUT2D eigenvalue weighted by Crippen LogP contribution is -2.31. The number of nitrogens with zero attached hydrogens (tertiary/aromatic N) is 3. The molecular formula is C15H12FN3O. The van der Waals surface area contributed by atoms with Gasteiger partial charge in [-0.2, -0.15) is 5.26 Å². The molecule has 0 N–H and O–H groups in total. The summed E-state index contributed by atoms with van der Waals surface area (Å²) in [5.74, 6) is -0.942. The Morgan fingerprint density at radius 2 is 2.05 bits per heavy atom. The van der Waals surface area contributed by atoms with Crippen molar-refractivity contribution in [2.45, 2.75) is 6.42 Å². The van der Waals surface area contributed by atoms with Crippen molar-refractivity contribution in [3.8, 4) is 6.07 Å². The van der Waals surface area contributed by atoms with Gasteiger partial charge in [0.15, 0.2) is 0 Å². The number of halogens is 1. The van der Waals surface area contributed by atoms with E-state index in [0.29, 0.717) is 5.69 Å². The summed E-state index contributed by atoms with van der Waals surface area (Å²) in [5.41, 5.74) is 0.823. The van der Waals surface area contributed by atoms with E-state index in [1.54, 1.807) is 24.3 Å². The van der Waals surface area contributed by atoms with Crippen molar-refractivity contribution < 1.29 is 9.18 Å². The summed E-state index contributed by atoms with van der Waals surface area (Å²) in [6, 6.07) is 12.1. The Morgan fingerprint density at radius 3 is 2.70 bits per heavy atom. The standard InChI is InChI=1S/C15H12FN3O/c16-13-9-12(10-18-11-13)15(20)19(8-4-7-17)14-5-2-1-3-6-14/h1-3,5-6,9-11H,4,8H2. The molecule has 0 spiro atoms. The molecule has 0 unspecified atom stereocenters. The molecule has 0 saturated carbocycles. The van der Waals surface area contributed by atoms with Gasteiger partial charge < -0.3 is 4.90 Å². The molecule has 0 atom stereocenters. The molecule has 100 valence electrons. The second-order valence-corrected chi connectivity index (χ2v) is 4.09. The minimum Gasteiger partial charge on any atom is -0.307 e. The third kappa shape index (κ3) is 3.18. The first-order chi connectivity index (χ1) is 9.72. The van der Waals surface area contributed by atoms with Crippen molar-refractivity contribution in [2.24, 2.45) is 0 Å². The zero-order valence-electron chi connectivity index (χ0n) is 10.7. The largest absolute Gasteiger partial charge is 0.307 e. The maximum atomic E-state index is 13.2. The lowest BCUT2D eigenvalue weighted by atomic mass is 10.2. The third-order valence-corrected chi connectivity index (χ3v) is 2.71. The maximum absolute atomic E-state index is 13.2. The van der Waals surface area contributed by atoms with E-state index in [1.165, 1.54) is 11.1 Å². The van der Waals surface area contributed by atoms with Gasteiger partial charge in [-0.3, -0.25) is 9.78 Å². The summed E-state index contributed by atoms with van der Waals surface area (Å²) in [5, 5.41) is 8.70. The zero-order valence-corrected chi connectivity index (χ0v) is 10.7. The van der Waals surface area contributed by atoms with Crippen molar-refractivity contribution in [1.29, 1.82) is 5.26 Å². The first-order valence-electron chi connectivity index (χ1n) is 6.07. The number of benzene rings is 1. The summed E-state index contributed by atoms with van der Waals surface area (Å²) >= 11 is 0. The van der Waals surface area contributed by atoms with Crippen molar-refractivity contribution in [1.82, 2.24) is 4.98 Å². The number of para-hydroxylation sites is 1. The molecule has 0 bridgehead atoms. The minimum atomic E-state index is -0.566. The predicted octanol–water partition coefficient (Wildman–Crippen LogP) is 2.78. The highest BCUT2D eigenvalue weighted by atomic mass is 19.1. The van der Waals surface area contributed by atoms with Crippen molar-refractivity contribution in [3.63, 3.8) is 0 Å². The van der Waals surface area contributed by atoms with Crippen LogP contribution in [0.1, 0.15) is 16.8 Å². The quantitative estimate of drug-likeness (QED) is 0.857. The van der Waals surface area contributed by atoms with E-state index in [2.05, 4.69) is 4.98 Å². The number of hydrogen-bond donors (Lipinski definition) is 0. The molecule has 1 heterocycles. The van der Waals surface area contributed by atoms with E-state index in [4.69, 9.17) is 5.26 Å². The summed E-state index contributed by atoms with van der Waals surface area (Å²) in [4.78, 5) is 17.5. The number of pyridine rings is 1. The van der Waals surface area contributed by atoms with Crippen LogP contribution in [0.25, 0.3) is 0 Å². The van der Waals surface area contributed by atoms with Gasteiger partial charge in [-0.15, -0.1) is 0 Å². The predicted molar refractivity (Wildman–Crippen MR) is 72.5 cm³/mol. The van der Waals surface area contributed by atoms with Gasteiger partial charge in [-0.05, 0) is 18.2 Å². The Morgan fingerprint density at radius 1 is 1.30 bits per heavy atom. The summed E-state index contributed by atoms with van der Waals surface area (Å²) in [6.07, 6.45) is 2.55. The molecule has 1 aromatic heterocycles. The summed E-state index contributed by atoms with van der Waals surface area (Å²) in [7, 11) is 0. The van der Waals surface area contributed by atoms with E-state index in [0.717, 1.165) is 12.3 Å². The van der Waals surface area contributed by atoms with Gasteiger partial charge in [-0.1, -0.05) is 18.2 Å². The molecule has 0 fully saturated rings. The summed E-state index contributed by atoms with van der Waals surface area (Å²) < 4.78 is 13.2. The summed E-state index contributed by atoms with van der Waals surface area (Å²) in [6.45, 7) is 0.246. The second-order valence-electron chi connectivity index (χ2n) is 4.09. The Balaban J connectivity index is 2.32. The molecule has 0 saturated heterocycles.